The molecule has 0 saturated carbocycles. The van der Waals surface area contributed by atoms with E-state index in [9.17, 15) is 4.39 Å². The van der Waals surface area contributed by atoms with Gasteiger partial charge in [-0.05, 0) is 77.9 Å². The summed E-state index contributed by atoms with van der Waals surface area (Å²) in [6.45, 7) is 2.22. The van der Waals surface area contributed by atoms with Crippen LogP contribution in [0.4, 0.5) is 10.1 Å². The molecule has 0 N–H and O–H groups in total. The zero-order valence-corrected chi connectivity index (χ0v) is 16.9. The highest BCUT2D eigenvalue weighted by atomic mass is 32.1. The van der Waals surface area contributed by atoms with Gasteiger partial charge in [0.05, 0.1) is 5.16 Å². The van der Waals surface area contributed by atoms with Crippen molar-refractivity contribution in [3.05, 3.63) is 89.2 Å². The van der Waals surface area contributed by atoms with Crippen molar-refractivity contribution in [2.45, 2.75) is 39.0 Å². The van der Waals surface area contributed by atoms with E-state index in [0.29, 0.717) is 0 Å². The minimum Gasteiger partial charge on any atom is -0.205 e. The maximum Gasteiger partial charge on any atom is 0.150 e. The van der Waals surface area contributed by atoms with E-state index in [-0.39, 0.29) is 11.5 Å². The van der Waals surface area contributed by atoms with E-state index in [0.717, 1.165) is 30.4 Å². The van der Waals surface area contributed by atoms with Crippen molar-refractivity contribution in [3.8, 4) is 11.1 Å². The van der Waals surface area contributed by atoms with Crippen LogP contribution in [0.5, 0.6) is 0 Å². The van der Waals surface area contributed by atoms with Crippen molar-refractivity contribution in [1.82, 2.24) is 0 Å². The fourth-order valence-electron chi connectivity index (χ4n) is 3.23. The fourth-order valence-corrected chi connectivity index (χ4v) is 3.33. The number of benzene rings is 3. The van der Waals surface area contributed by atoms with Crippen molar-refractivity contribution in [2.75, 3.05) is 0 Å². The smallest absolute Gasteiger partial charge is 0.150 e. The highest BCUT2D eigenvalue weighted by molar-refractivity contribution is 7.78. The maximum absolute atomic E-state index is 14.0. The van der Waals surface area contributed by atoms with Crippen LogP contribution in [-0.4, -0.2) is 5.16 Å². The van der Waals surface area contributed by atoms with Crippen LogP contribution in [0.1, 0.15) is 36.5 Å². The quantitative estimate of drug-likeness (QED) is 0.290. The number of hydrogen-bond donors (Lipinski definition) is 0. The minimum atomic E-state index is -0.388. The number of halogens is 1. The molecule has 0 amide bonds. The predicted octanol–water partition coefficient (Wildman–Crippen LogP) is 7.35. The SMILES string of the molecule is CCCCc1ccc(CCc2ccc(-c3ccc(N=C=S)c(F)c3)cc2)cc1. The van der Waals surface area contributed by atoms with Crippen LogP contribution in [0.2, 0.25) is 0 Å². The molecule has 0 aliphatic rings. The van der Waals surface area contributed by atoms with Gasteiger partial charge in [0.15, 0.2) is 0 Å². The number of unbranched alkanes of at least 4 members (excludes halogenated alkanes) is 1. The van der Waals surface area contributed by atoms with Gasteiger partial charge < -0.3 is 0 Å². The average molecular weight is 390 g/mol. The molecule has 0 atom stereocenters. The molecule has 0 aromatic heterocycles. The summed E-state index contributed by atoms with van der Waals surface area (Å²) in [4.78, 5) is 3.72. The Labute approximate surface area is 172 Å². The van der Waals surface area contributed by atoms with E-state index in [1.165, 1.54) is 35.6 Å². The average Bonchev–Trinajstić information content (AvgIpc) is 2.73. The normalized spacial score (nSPS) is 10.5. The number of aliphatic imine (C=N–C) groups is 1. The molecule has 0 aliphatic heterocycles. The summed E-state index contributed by atoms with van der Waals surface area (Å²) in [6.07, 6.45) is 5.66. The van der Waals surface area contributed by atoms with Gasteiger partial charge in [-0.15, -0.1) is 0 Å². The van der Waals surface area contributed by atoms with Gasteiger partial charge in [-0.1, -0.05) is 67.9 Å². The first kappa shape index (κ1) is 20.1. The number of aryl methyl sites for hydroxylation is 3. The van der Waals surface area contributed by atoms with Crippen molar-refractivity contribution in [2.24, 2.45) is 4.99 Å². The van der Waals surface area contributed by atoms with Crippen LogP contribution in [0, 0.1) is 5.82 Å². The molecule has 0 unspecified atom stereocenters. The summed E-state index contributed by atoms with van der Waals surface area (Å²) in [5, 5.41) is 2.20. The molecule has 3 rings (SSSR count). The van der Waals surface area contributed by atoms with Gasteiger partial charge in [0, 0.05) is 0 Å². The third kappa shape index (κ3) is 5.45. The van der Waals surface area contributed by atoms with E-state index in [1.54, 1.807) is 6.07 Å². The van der Waals surface area contributed by atoms with Gasteiger partial charge in [-0.25, -0.2) is 4.39 Å². The van der Waals surface area contributed by atoms with Gasteiger partial charge >= 0.3 is 0 Å². The fraction of sp³-hybridized carbons (Fsp3) is 0.240. The van der Waals surface area contributed by atoms with Gasteiger partial charge in [-0.3, -0.25) is 0 Å². The van der Waals surface area contributed by atoms with Crippen LogP contribution in [0.3, 0.4) is 0 Å². The second-order valence-electron chi connectivity index (χ2n) is 6.99. The summed E-state index contributed by atoms with van der Waals surface area (Å²) in [6, 6.07) is 22.3. The molecule has 1 nitrogen and oxygen atoms in total. The van der Waals surface area contributed by atoms with E-state index in [2.05, 4.69) is 65.7 Å². The standard InChI is InChI=1S/C25H24FNS/c1-2-3-4-19-5-7-20(8-6-19)9-10-21-11-13-22(14-12-21)23-15-16-25(27-18-28)24(26)17-23/h5-8,11-17H,2-4,9-10H2,1H3. The zero-order chi connectivity index (χ0) is 19.8. The van der Waals surface area contributed by atoms with Crippen molar-refractivity contribution < 1.29 is 4.39 Å². The first-order valence-corrected chi connectivity index (χ1v) is 10.1. The first-order valence-electron chi connectivity index (χ1n) is 9.74. The van der Waals surface area contributed by atoms with Crippen LogP contribution in [0.25, 0.3) is 11.1 Å². The highest BCUT2D eigenvalue weighted by Gasteiger charge is 2.05. The van der Waals surface area contributed by atoms with Gasteiger partial charge in [0.2, 0.25) is 0 Å². The molecule has 0 fully saturated rings. The van der Waals surface area contributed by atoms with E-state index in [1.807, 2.05) is 18.2 Å². The lowest BCUT2D eigenvalue weighted by Gasteiger charge is -2.07. The number of isothiocyanates is 1. The van der Waals surface area contributed by atoms with Gasteiger partial charge in [-0.2, -0.15) is 4.99 Å². The molecule has 0 bridgehead atoms. The number of thiocarbonyl (C=S) groups is 1. The maximum atomic E-state index is 14.0. The lowest BCUT2D eigenvalue weighted by atomic mass is 9.99. The van der Waals surface area contributed by atoms with Crippen molar-refractivity contribution in [1.29, 1.82) is 0 Å². The van der Waals surface area contributed by atoms with Crippen LogP contribution >= 0.6 is 12.2 Å². The predicted molar refractivity (Wildman–Crippen MR) is 119 cm³/mol. The zero-order valence-electron chi connectivity index (χ0n) is 16.1. The van der Waals surface area contributed by atoms with E-state index < -0.39 is 0 Å². The Morgan fingerprint density at radius 1 is 0.786 bits per heavy atom. The largest absolute Gasteiger partial charge is 0.205 e. The molecule has 142 valence electrons. The summed E-state index contributed by atoms with van der Waals surface area (Å²) in [5.41, 5.74) is 6.10. The molecule has 0 saturated heterocycles. The van der Waals surface area contributed by atoms with Crippen molar-refractivity contribution in [3.63, 3.8) is 0 Å². The molecule has 0 aliphatic carbocycles. The summed E-state index contributed by atoms with van der Waals surface area (Å²) in [5.74, 6) is -0.388. The van der Waals surface area contributed by atoms with Crippen LogP contribution in [0.15, 0.2) is 71.7 Å². The molecule has 3 aromatic carbocycles. The lowest BCUT2D eigenvalue weighted by Crippen LogP contribution is -1.93. The highest BCUT2D eigenvalue weighted by Crippen LogP contribution is 2.26. The van der Waals surface area contributed by atoms with Crippen molar-refractivity contribution >= 4 is 23.1 Å². The molecule has 28 heavy (non-hydrogen) atoms. The Hall–Kier alpha value is -2.61. The Morgan fingerprint density at radius 2 is 1.32 bits per heavy atom. The minimum absolute atomic E-state index is 0.219. The topological polar surface area (TPSA) is 12.4 Å². The van der Waals surface area contributed by atoms with Crippen LogP contribution < -0.4 is 0 Å². The number of nitrogens with zero attached hydrogens (tertiary/aromatic N) is 1. The monoisotopic (exact) mass is 389 g/mol. The Morgan fingerprint density at radius 3 is 1.86 bits per heavy atom. The third-order valence-electron chi connectivity index (χ3n) is 4.95. The summed E-state index contributed by atoms with van der Waals surface area (Å²) in [7, 11) is 0. The third-order valence-corrected chi connectivity index (χ3v) is 5.04. The molecule has 0 heterocycles. The molecule has 0 spiro atoms. The Balaban J connectivity index is 1.61. The second-order valence-corrected chi connectivity index (χ2v) is 7.17. The summed E-state index contributed by atoms with van der Waals surface area (Å²) < 4.78 is 14.0. The van der Waals surface area contributed by atoms with Crippen LogP contribution in [-0.2, 0) is 19.3 Å². The molecular weight excluding hydrogens is 365 g/mol. The number of rotatable bonds is 8. The lowest BCUT2D eigenvalue weighted by molar-refractivity contribution is 0.630. The second kappa shape index (κ2) is 10.1. The van der Waals surface area contributed by atoms with Gasteiger partial charge in [0.1, 0.15) is 11.5 Å². The first-order chi connectivity index (χ1) is 13.7. The van der Waals surface area contributed by atoms with Gasteiger partial charge in [0.25, 0.3) is 0 Å². The molecule has 3 aromatic rings. The van der Waals surface area contributed by atoms with E-state index in [4.69, 9.17) is 0 Å². The summed E-state index contributed by atoms with van der Waals surface area (Å²) >= 11 is 4.53. The molecular formula is C25H24FNS. The molecule has 0 radical (unpaired) electrons. The number of hydrogen-bond acceptors (Lipinski definition) is 2. The Bertz CT molecular complexity index is 955. The Kier molecular flexibility index (Phi) is 7.25. The van der Waals surface area contributed by atoms with E-state index >= 15 is 0 Å². The molecule has 3 heteroatoms.